The van der Waals surface area contributed by atoms with Crippen LogP contribution in [0.2, 0.25) is 0 Å². The van der Waals surface area contributed by atoms with Crippen LogP contribution in [0.25, 0.3) is 10.8 Å². The van der Waals surface area contributed by atoms with Gasteiger partial charge < -0.3 is 59.7 Å². The highest BCUT2D eigenvalue weighted by Crippen LogP contribution is 2.55. The lowest BCUT2D eigenvalue weighted by Gasteiger charge is -2.38. The van der Waals surface area contributed by atoms with Crippen LogP contribution in [0.4, 0.5) is 5.69 Å². The Morgan fingerprint density at radius 1 is 0.938 bits per heavy atom. The lowest BCUT2D eigenvalue weighted by molar-refractivity contribution is -0.160. The van der Waals surface area contributed by atoms with E-state index < -0.39 is 129 Å². The van der Waals surface area contributed by atoms with E-state index in [4.69, 9.17) is 23.8 Å². The Kier molecular flexibility index (Phi) is 15.2. The summed E-state index contributed by atoms with van der Waals surface area (Å²) in [4.78, 5) is 58.1. The number of carbonyl (C=O) groups excluding carboxylic acids is 3. The van der Waals surface area contributed by atoms with E-state index in [2.05, 4.69) is 10.5 Å². The van der Waals surface area contributed by atoms with Gasteiger partial charge in [0.1, 0.15) is 35.9 Å². The number of rotatable bonds is 8. The lowest BCUT2D eigenvalue weighted by atomic mass is 9.78. The van der Waals surface area contributed by atoms with Gasteiger partial charge in [-0.1, -0.05) is 81.4 Å². The van der Waals surface area contributed by atoms with E-state index in [-0.39, 0.29) is 22.4 Å². The fourth-order valence-electron chi connectivity index (χ4n) is 8.08. The van der Waals surface area contributed by atoms with Crippen molar-refractivity contribution in [3.05, 3.63) is 88.7 Å². The summed E-state index contributed by atoms with van der Waals surface area (Å²) in [6.45, 7) is 11.7. The molecule has 3 aliphatic rings. The van der Waals surface area contributed by atoms with Crippen molar-refractivity contribution in [3.8, 4) is 23.0 Å². The fourth-order valence-corrected chi connectivity index (χ4v) is 8.08. The third-order valence-electron chi connectivity index (χ3n) is 12.0. The number of Topliss-reactive ketones (excluding diaryl/α,β-unsaturated/α-hetero) is 1. The molecule has 7 N–H and O–H groups in total. The largest absolute Gasteiger partial charge is 0.507 e. The predicted molar refractivity (Wildman–Crippen MR) is 234 cm³/mol. The Balaban J connectivity index is 1.68. The maximum absolute atomic E-state index is 14.5. The van der Waals surface area contributed by atoms with E-state index in [1.807, 2.05) is 0 Å². The number of anilines is 1. The molecule has 5 bridgehead atoms. The van der Waals surface area contributed by atoms with E-state index in [1.54, 1.807) is 64.1 Å². The van der Waals surface area contributed by atoms with E-state index in [0.717, 1.165) is 12.5 Å². The number of phenolic OH excluding ortho intramolecular Hbond substituents is 3. The molecular formula is C47H56N2O15. The number of ether oxygens (including phenoxy) is 4. The second-order valence-electron chi connectivity index (χ2n) is 16.4. The molecule has 17 nitrogen and oxygen atoms in total. The molecular weight excluding hydrogens is 833 g/mol. The molecule has 0 aromatic heterocycles. The van der Waals surface area contributed by atoms with Crippen molar-refractivity contribution >= 4 is 46.3 Å². The van der Waals surface area contributed by atoms with Gasteiger partial charge in [0.15, 0.2) is 5.75 Å². The van der Waals surface area contributed by atoms with Gasteiger partial charge in [0.2, 0.25) is 0 Å². The lowest BCUT2D eigenvalue weighted by Crippen LogP contribution is -2.46. The Morgan fingerprint density at radius 3 is 2.23 bits per heavy atom. The molecule has 3 aromatic rings. The highest BCUT2D eigenvalue weighted by Gasteiger charge is 2.50. The average molecular weight is 889 g/mol. The predicted octanol–water partition coefficient (Wildman–Crippen LogP) is 5.97. The molecule has 3 aliphatic heterocycles. The number of phenols is 3. The number of fused-ring (bicyclic) bond motifs is 14. The average Bonchev–Trinajstić information content (AvgIpc) is 3.52. The second kappa shape index (κ2) is 20.0. The summed E-state index contributed by atoms with van der Waals surface area (Å²) in [5.74, 6) is -11.8. The van der Waals surface area contributed by atoms with Gasteiger partial charge in [-0.05, 0) is 25.5 Å². The summed E-state index contributed by atoms with van der Waals surface area (Å²) in [6, 6.07) is 8.24. The smallest absolute Gasteiger partial charge is 0.314 e. The van der Waals surface area contributed by atoms with Crippen LogP contribution in [0.1, 0.15) is 81.4 Å². The third kappa shape index (κ3) is 9.71. The van der Waals surface area contributed by atoms with Crippen molar-refractivity contribution in [2.24, 2.45) is 28.8 Å². The maximum Gasteiger partial charge on any atom is 0.314 e. The normalized spacial score (nSPS) is 29.0. The molecule has 0 aliphatic carbocycles. The molecule has 0 saturated heterocycles. The number of ketones is 1. The number of esters is 1. The molecule has 3 heterocycles. The van der Waals surface area contributed by atoms with E-state index in [1.165, 1.54) is 53.0 Å². The number of nitrogens with zero attached hydrogens (tertiary/aromatic N) is 1. The van der Waals surface area contributed by atoms with Crippen LogP contribution in [0.3, 0.4) is 0 Å². The number of hydrogen-bond donors (Lipinski definition) is 7. The van der Waals surface area contributed by atoms with Crippen molar-refractivity contribution in [1.29, 1.82) is 0 Å². The third-order valence-corrected chi connectivity index (χ3v) is 12.0. The molecule has 10 atom stereocenters. The van der Waals surface area contributed by atoms with Crippen LogP contribution in [-0.2, 0) is 33.4 Å². The van der Waals surface area contributed by atoms with Gasteiger partial charge in [0, 0.05) is 61.2 Å². The SMILES string of the molecule is CO[C@H]1/C=C\O[C@@]2(C)Oc3c(C)c(O)c4c(O)c(c(/C=N/OCC(C(=O)O)c5ccccc5)c(O)c4c3C2=O)NC(=O)/C(C)=C\C=C/[C@H](C)[C@H](O)[C@@H](C)[C@@H](O)[C@@H](C)[C@H](OC(C)=O)[C@@H]1C. The number of amides is 1. The molecule has 6 rings (SSSR count). The van der Waals surface area contributed by atoms with Crippen LogP contribution >= 0.6 is 0 Å². The highest BCUT2D eigenvalue weighted by atomic mass is 16.7. The van der Waals surface area contributed by atoms with Gasteiger partial charge in [-0.3, -0.25) is 19.2 Å². The van der Waals surface area contributed by atoms with Gasteiger partial charge in [-0.25, -0.2) is 0 Å². The summed E-state index contributed by atoms with van der Waals surface area (Å²) in [6.07, 6.45) is 4.01. The van der Waals surface area contributed by atoms with Crippen molar-refractivity contribution in [1.82, 2.24) is 0 Å². The zero-order chi connectivity index (χ0) is 47.4. The Labute approximate surface area is 370 Å². The second-order valence-corrected chi connectivity index (χ2v) is 16.4. The number of carboxylic acid groups (broad SMARTS) is 1. The number of aliphatic hydroxyl groups is 2. The molecule has 1 unspecified atom stereocenters. The number of aliphatic hydroxyl groups excluding tert-OH is 2. The molecule has 344 valence electrons. The van der Waals surface area contributed by atoms with Crippen molar-refractivity contribution in [2.45, 2.75) is 91.5 Å². The van der Waals surface area contributed by atoms with E-state index >= 15 is 0 Å². The number of methoxy groups -OCH3 is 1. The number of aromatic hydroxyl groups is 3. The van der Waals surface area contributed by atoms with Gasteiger partial charge >= 0.3 is 17.7 Å². The number of carbonyl (C=O) groups is 4. The number of nitrogens with one attached hydrogen (secondary N) is 1. The van der Waals surface area contributed by atoms with Crippen LogP contribution in [-0.4, -0.2) is 104 Å². The summed E-state index contributed by atoms with van der Waals surface area (Å²) < 4.78 is 23.5. The molecule has 3 aromatic carbocycles. The molecule has 17 heteroatoms. The minimum absolute atomic E-state index is 0.0260. The summed E-state index contributed by atoms with van der Waals surface area (Å²) >= 11 is 0. The van der Waals surface area contributed by atoms with Crippen LogP contribution in [0.15, 0.2) is 71.6 Å². The van der Waals surface area contributed by atoms with Crippen molar-refractivity contribution in [2.75, 3.05) is 19.0 Å². The minimum Gasteiger partial charge on any atom is -0.507 e. The van der Waals surface area contributed by atoms with Gasteiger partial charge in [0.05, 0.1) is 53.0 Å². The maximum atomic E-state index is 14.5. The first-order valence-corrected chi connectivity index (χ1v) is 20.7. The molecule has 0 spiro atoms. The van der Waals surface area contributed by atoms with Crippen LogP contribution in [0, 0.1) is 30.6 Å². The Morgan fingerprint density at radius 2 is 1.61 bits per heavy atom. The van der Waals surface area contributed by atoms with Crippen molar-refractivity contribution < 1.29 is 73.6 Å². The number of benzene rings is 3. The fraction of sp³-hybridized carbons (Fsp3) is 0.426. The van der Waals surface area contributed by atoms with E-state index in [0.29, 0.717) is 5.56 Å². The highest BCUT2D eigenvalue weighted by molar-refractivity contribution is 6.23. The Bertz CT molecular complexity index is 2390. The van der Waals surface area contributed by atoms with Gasteiger partial charge in [-0.2, -0.15) is 0 Å². The number of oxime groups is 1. The van der Waals surface area contributed by atoms with E-state index in [9.17, 15) is 49.8 Å². The minimum atomic E-state index is -2.13. The number of hydrogen-bond acceptors (Lipinski definition) is 15. The van der Waals surface area contributed by atoms with Crippen LogP contribution < -0.4 is 10.1 Å². The van der Waals surface area contributed by atoms with Crippen LogP contribution in [0.5, 0.6) is 23.0 Å². The van der Waals surface area contributed by atoms with Crippen molar-refractivity contribution in [3.63, 3.8) is 0 Å². The zero-order valence-electron chi connectivity index (χ0n) is 37.1. The first kappa shape index (κ1) is 48.6. The summed E-state index contributed by atoms with van der Waals surface area (Å²) in [5, 5.41) is 73.9. The Hall–Kier alpha value is -6.43. The topological polar surface area (TPSA) is 260 Å². The quantitative estimate of drug-likeness (QED) is 0.0452. The molecule has 0 fully saturated rings. The number of carboxylic acids is 1. The first-order chi connectivity index (χ1) is 30.2. The summed E-state index contributed by atoms with van der Waals surface area (Å²) in [7, 11) is 1.40. The molecule has 0 radical (unpaired) electrons. The molecule has 64 heavy (non-hydrogen) atoms. The molecule has 0 saturated carbocycles. The summed E-state index contributed by atoms with van der Waals surface area (Å²) in [5.41, 5.74) is -0.679. The zero-order valence-corrected chi connectivity index (χ0v) is 37.1. The first-order valence-electron chi connectivity index (χ1n) is 20.7. The number of aliphatic carboxylic acids is 1. The van der Waals surface area contributed by atoms with Gasteiger partial charge in [0.25, 0.3) is 11.7 Å². The monoisotopic (exact) mass is 888 g/mol. The molecule has 1 amide bonds. The number of allylic oxidation sites excluding steroid dienone is 2. The standard InChI is InChI=1S/C47H56N2O15/c1-22-14-13-15-23(2)45(57)49-36-30(20-48-62-21-31(46(58)59)29-16-11-10-12-17-29)40(54)33-34(41(36)55)39(53)27(6)43-35(33)44(56)47(8,64-43)61-19-18-32(60-9)24(3)42(63-28(7)50)26(5)38(52)25(4)37(22)51/h10-20,22,24-26,31-32,37-38,42,51-55H,21H2,1-9H3,(H,49,57)(H,58,59)/b14-13-,19-18-,23-15-,48-20+/t22-,24+,25+,26+,31?,32-,37-,38+,42+,47-/m0/s1. The van der Waals surface area contributed by atoms with Gasteiger partial charge in [-0.15, -0.1) is 0 Å².